The van der Waals surface area contributed by atoms with E-state index in [1.165, 1.54) is 7.11 Å². The van der Waals surface area contributed by atoms with E-state index in [2.05, 4.69) is 6.92 Å². The van der Waals surface area contributed by atoms with Crippen LogP contribution in [-0.4, -0.2) is 49.7 Å². The first-order valence-electron chi connectivity index (χ1n) is 7.55. The van der Waals surface area contributed by atoms with Crippen molar-refractivity contribution in [1.29, 1.82) is 0 Å². The van der Waals surface area contributed by atoms with Crippen molar-refractivity contribution in [3.8, 4) is 0 Å². The smallest absolute Gasteiger partial charge is 0.310 e. The van der Waals surface area contributed by atoms with Gasteiger partial charge in [-0.3, -0.25) is 9.59 Å². The predicted octanol–water partition coefficient (Wildman–Crippen LogP) is 1.99. The average Bonchev–Trinajstić information content (AvgIpc) is 2.95. The molecular formula is C15H27NO4. The fourth-order valence-corrected chi connectivity index (χ4v) is 2.40. The van der Waals surface area contributed by atoms with E-state index in [1.54, 1.807) is 11.8 Å². The third-order valence-electron chi connectivity index (χ3n) is 3.64. The molecule has 0 N–H and O–H groups in total. The van der Waals surface area contributed by atoms with Gasteiger partial charge in [-0.25, -0.2) is 0 Å². The van der Waals surface area contributed by atoms with Crippen LogP contribution in [0.25, 0.3) is 0 Å². The van der Waals surface area contributed by atoms with Crippen molar-refractivity contribution in [2.24, 2.45) is 5.92 Å². The van der Waals surface area contributed by atoms with Crippen LogP contribution in [0.4, 0.5) is 0 Å². The normalized spacial score (nSPS) is 19.6. The molecule has 1 rings (SSSR count). The van der Waals surface area contributed by atoms with E-state index in [9.17, 15) is 9.59 Å². The first-order chi connectivity index (χ1) is 9.58. The molecule has 5 heteroatoms. The summed E-state index contributed by atoms with van der Waals surface area (Å²) in [7, 11) is 1.38. The molecule has 1 aliphatic rings. The van der Waals surface area contributed by atoms with Gasteiger partial charge in [-0.05, 0) is 19.3 Å². The number of methoxy groups -OCH3 is 1. The topological polar surface area (TPSA) is 55.8 Å². The maximum absolute atomic E-state index is 12.3. The van der Waals surface area contributed by atoms with Crippen LogP contribution in [0.15, 0.2) is 0 Å². The van der Waals surface area contributed by atoms with Crippen molar-refractivity contribution < 1.29 is 19.1 Å². The molecule has 1 amide bonds. The molecule has 1 fully saturated rings. The van der Waals surface area contributed by atoms with Gasteiger partial charge in [0.25, 0.3) is 0 Å². The molecule has 1 aliphatic heterocycles. The summed E-state index contributed by atoms with van der Waals surface area (Å²) >= 11 is 0. The number of carbonyl (C=O) groups is 2. The van der Waals surface area contributed by atoms with E-state index in [0.717, 1.165) is 32.3 Å². The maximum atomic E-state index is 12.3. The second kappa shape index (κ2) is 8.95. The van der Waals surface area contributed by atoms with Crippen LogP contribution < -0.4 is 0 Å². The minimum atomic E-state index is -0.299. The van der Waals surface area contributed by atoms with Crippen molar-refractivity contribution in [3.05, 3.63) is 0 Å². The Morgan fingerprint density at radius 1 is 1.45 bits per heavy atom. The highest BCUT2D eigenvalue weighted by molar-refractivity contribution is 5.78. The number of esters is 1. The standard InChI is InChI=1S/C15H27NO4/c1-4-5-8-14(17)16(10-12(2)15(18)19-3)11-13-7-6-9-20-13/h12-13H,4-11H2,1-3H3. The minimum absolute atomic E-state index is 0.109. The van der Waals surface area contributed by atoms with Crippen LogP contribution >= 0.6 is 0 Å². The van der Waals surface area contributed by atoms with E-state index >= 15 is 0 Å². The quantitative estimate of drug-likeness (QED) is 0.640. The monoisotopic (exact) mass is 285 g/mol. The molecular weight excluding hydrogens is 258 g/mol. The van der Waals surface area contributed by atoms with E-state index in [-0.39, 0.29) is 23.9 Å². The third-order valence-corrected chi connectivity index (χ3v) is 3.64. The zero-order valence-electron chi connectivity index (χ0n) is 12.9. The predicted molar refractivity (Wildman–Crippen MR) is 76.3 cm³/mol. The van der Waals surface area contributed by atoms with Crippen LogP contribution in [0.5, 0.6) is 0 Å². The molecule has 0 radical (unpaired) electrons. The lowest BCUT2D eigenvalue weighted by molar-refractivity contribution is -0.146. The highest BCUT2D eigenvalue weighted by Gasteiger charge is 2.25. The molecule has 116 valence electrons. The largest absolute Gasteiger partial charge is 0.469 e. The van der Waals surface area contributed by atoms with Gasteiger partial charge < -0.3 is 14.4 Å². The van der Waals surface area contributed by atoms with E-state index < -0.39 is 0 Å². The summed E-state index contributed by atoms with van der Waals surface area (Å²) < 4.78 is 10.3. The molecule has 0 spiro atoms. The molecule has 2 atom stereocenters. The van der Waals surface area contributed by atoms with Gasteiger partial charge >= 0.3 is 5.97 Å². The van der Waals surface area contributed by atoms with Crippen molar-refractivity contribution in [2.75, 3.05) is 26.8 Å². The first kappa shape index (κ1) is 17.0. The minimum Gasteiger partial charge on any atom is -0.469 e. The Hall–Kier alpha value is -1.10. The number of hydrogen-bond acceptors (Lipinski definition) is 4. The number of hydrogen-bond donors (Lipinski definition) is 0. The second-order valence-electron chi connectivity index (χ2n) is 5.46. The second-order valence-corrected chi connectivity index (χ2v) is 5.46. The first-order valence-corrected chi connectivity index (χ1v) is 7.55. The van der Waals surface area contributed by atoms with Crippen molar-refractivity contribution in [2.45, 2.75) is 52.1 Å². The van der Waals surface area contributed by atoms with Gasteiger partial charge in [0, 0.05) is 26.1 Å². The summed E-state index contributed by atoms with van der Waals surface area (Å²) in [5.41, 5.74) is 0. The Morgan fingerprint density at radius 3 is 2.75 bits per heavy atom. The molecule has 0 saturated carbocycles. The van der Waals surface area contributed by atoms with Crippen LogP contribution in [0.1, 0.15) is 46.0 Å². The van der Waals surface area contributed by atoms with Gasteiger partial charge in [0.2, 0.25) is 5.91 Å². The molecule has 2 unspecified atom stereocenters. The lowest BCUT2D eigenvalue weighted by Gasteiger charge is -2.27. The molecule has 0 aromatic heterocycles. The Bertz CT molecular complexity index is 313. The Morgan fingerprint density at radius 2 is 2.20 bits per heavy atom. The molecule has 20 heavy (non-hydrogen) atoms. The van der Waals surface area contributed by atoms with Gasteiger partial charge in [0.15, 0.2) is 0 Å². The number of ether oxygens (including phenoxy) is 2. The van der Waals surface area contributed by atoms with E-state index in [0.29, 0.717) is 19.5 Å². The average molecular weight is 285 g/mol. The molecule has 5 nitrogen and oxygen atoms in total. The zero-order valence-corrected chi connectivity index (χ0v) is 12.9. The van der Waals surface area contributed by atoms with Gasteiger partial charge in [0.05, 0.1) is 19.1 Å². The van der Waals surface area contributed by atoms with Gasteiger partial charge in [-0.1, -0.05) is 20.3 Å². The van der Waals surface area contributed by atoms with Crippen molar-refractivity contribution in [3.63, 3.8) is 0 Å². The Kier molecular flexibility index (Phi) is 7.59. The van der Waals surface area contributed by atoms with Gasteiger partial charge in [0.1, 0.15) is 0 Å². The SMILES string of the molecule is CCCCC(=O)N(CC1CCCO1)CC(C)C(=O)OC. The molecule has 1 saturated heterocycles. The molecule has 0 bridgehead atoms. The summed E-state index contributed by atoms with van der Waals surface area (Å²) in [5, 5.41) is 0. The molecule has 0 aromatic carbocycles. The number of rotatable bonds is 8. The van der Waals surface area contributed by atoms with E-state index in [4.69, 9.17) is 9.47 Å². The number of nitrogens with zero attached hydrogens (tertiary/aromatic N) is 1. The number of amides is 1. The third kappa shape index (κ3) is 5.49. The van der Waals surface area contributed by atoms with Gasteiger partial charge in [-0.15, -0.1) is 0 Å². The van der Waals surface area contributed by atoms with Crippen LogP contribution in [0.2, 0.25) is 0 Å². The summed E-state index contributed by atoms with van der Waals surface area (Å²) in [6.07, 6.45) is 4.57. The van der Waals surface area contributed by atoms with Crippen LogP contribution in [-0.2, 0) is 19.1 Å². The lowest BCUT2D eigenvalue weighted by atomic mass is 10.1. The van der Waals surface area contributed by atoms with E-state index in [1.807, 2.05) is 0 Å². The fourth-order valence-electron chi connectivity index (χ4n) is 2.40. The summed E-state index contributed by atoms with van der Waals surface area (Å²) in [4.78, 5) is 25.6. The van der Waals surface area contributed by atoms with Crippen LogP contribution in [0, 0.1) is 5.92 Å². The molecule has 0 aliphatic carbocycles. The number of carbonyl (C=O) groups excluding carboxylic acids is 2. The highest BCUT2D eigenvalue weighted by Crippen LogP contribution is 2.16. The lowest BCUT2D eigenvalue weighted by Crippen LogP contribution is -2.41. The van der Waals surface area contributed by atoms with Crippen molar-refractivity contribution in [1.82, 2.24) is 4.90 Å². The summed E-state index contributed by atoms with van der Waals surface area (Å²) in [6.45, 7) is 5.63. The van der Waals surface area contributed by atoms with Gasteiger partial charge in [-0.2, -0.15) is 0 Å². The Labute approximate surface area is 121 Å². The zero-order chi connectivity index (χ0) is 15.0. The van der Waals surface area contributed by atoms with Crippen LogP contribution in [0.3, 0.4) is 0 Å². The maximum Gasteiger partial charge on any atom is 0.310 e. The summed E-state index contributed by atoms with van der Waals surface area (Å²) in [5.74, 6) is -0.462. The fraction of sp³-hybridized carbons (Fsp3) is 0.867. The summed E-state index contributed by atoms with van der Waals surface area (Å²) in [6, 6.07) is 0. The number of unbranched alkanes of at least 4 members (excludes halogenated alkanes) is 1. The Balaban J connectivity index is 2.57. The van der Waals surface area contributed by atoms with Crippen molar-refractivity contribution >= 4 is 11.9 Å². The molecule has 0 aromatic rings. The molecule has 1 heterocycles. The highest BCUT2D eigenvalue weighted by atomic mass is 16.5.